The maximum absolute atomic E-state index is 14.4. The van der Waals surface area contributed by atoms with Gasteiger partial charge in [-0.05, 0) is 84.5 Å². The Labute approximate surface area is 242 Å². The number of nitriles is 1. The summed E-state index contributed by atoms with van der Waals surface area (Å²) in [5.74, 6) is -1.43. The van der Waals surface area contributed by atoms with Crippen LogP contribution in [0.15, 0.2) is 23.3 Å². The number of carbonyl (C=O) groups is 2. The Balaban J connectivity index is 1.64. The summed E-state index contributed by atoms with van der Waals surface area (Å²) in [6.45, 7) is 13.4. The molecule has 5 rings (SSSR count). The van der Waals surface area contributed by atoms with Gasteiger partial charge in [-0.2, -0.15) is 18.4 Å². The molecule has 3 saturated carbocycles. The highest BCUT2D eigenvalue weighted by molar-refractivity contribution is 5.96. The molecule has 1 amide bonds. The number of aliphatic hydroxyl groups excluding tert-OH is 1. The predicted octanol–water partition coefficient (Wildman–Crippen LogP) is 6.68. The van der Waals surface area contributed by atoms with Crippen LogP contribution in [-0.2, 0) is 9.59 Å². The van der Waals surface area contributed by atoms with E-state index in [1.54, 1.807) is 6.08 Å². The quantitative estimate of drug-likeness (QED) is 0.385. The number of ketones is 1. The van der Waals surface area contributed by atoms with Gasteiger partial charge in [-0.1, -0.05) is 60.1 Å². The summed E-state index contributed by atoms with van der Waals surface area (Å²) in [6.07, 6.45) is 2.72. The normalized spacial score (nSPS) is 44.6. The van der Waals surface area contributed by atoms with Crippen LogP contribution in [0.4, 0.5) is 13.2 Å². The highest BCUT2D eigenvalue weighted by Crippen LogP contribution is 2.74. The Hall–Kier alpha value is -2.14. The van der Waals surface area contributed by atoms with Gasteiger partial charge in [0, 0.05) is 11.3 Å². The lowest BCUT2D eigenvalue weighted by molar-refractivity contribution is -0.182. The Morgan fingerprint density at radius 2 is 1.71 bits per heavy atom. The first kappa shape index (κ1) is 30.3. The first-order valence-electron chi connectivity index (χ1n) is 15.1. The highest BCUT2D eigenvalue weighted by atomic mass is 19.4. The topological polar surface area (TPSA) is 90.2 Å². The average molecular weight is 575 g/mol. The van der Waals surface area contributed by atoms with Gasteiger partial charge in [0.2, 0.25) is 5.91 Å². The van der Waals surface area contributed by atoms with E-state index in [2.05, 4.69) is 46.0 Å². The van der Waals surface area contributed by atoms with E-state index in [4.69, 9.17) is 0 Å². The minimum absolute atomic E-state index is 0.0267. The van der Waals surface area contributed by atoms with Crippen LogP contribution in [0.5, 0.6) is 0 Å². The first-order chi connectivity index (χ1) is 18.7. The molecule has 0 aromatic heterocycles. The molecule has 0 spiro atoms. The van der Waals surface area contributed by atoms with Crippen molar-refractivity contribution in [1.82, 2.24) is 5.32 Å². The second-order valence-corrected chi connectivity index (χ2v) is 15.9. The SMILES string of the molecule is CC1(C)CC[C@]2(C(=O)NCC(F)(F)F)CC[C@]3(C)C(C(=O)C=C4[C@@]5(C)C=C(C#N)C(O)C(C)(C)[C@@H]5CC[C@]43C)C2C1. The third-order valence-electron chi connectivity index (χ3n) is 13.0. The molecule has 0 saturated heterocycles. The number of hydrogen-bond donors (Lipinski definition) is 2. The molecule has 0 aromatic rings. The molecule has 41 heavy (non-hydrogen) atoms. The molecule has 0 radical (unpaired) electrons. The van der Waals surface area contributed by atoms with Gasteiger partial charge in [0.15, 0.2) is 5.78 Å². The number of halogens is 3. The fraction of sp³-hybridized carbons (Fsp3) is 0.788. The van der Waals surface area contributed by atoms with Crippen molar-refractivity contribution in [3.63, 3.8) is 0 Å². The zero-order valence-electron chi connectivity index (χ0n) is 25.5. The maximum atomic E-state index is 14.4. The molecule has 0 aliphatic heterocycles. The van der Waals surface area contributed by atoms with Crippen LogP contribution in [0.25, 0.3) is 0 Å². The second kappa shape index (κ2) is 8.94. The van der Waals surface area contributed by atoms with E-state index in [-0.39, 0.29) is 23.0 Å². The van der Waals surface area contributed by atoms with Crippen LogP contribution >= 0.6 is 0 Å². The molecular formula is C33H45F3N2O3. The molecule has 3 unspecified atom stereocenters. The van der Waals surface area contributed by atoms with E-state index >= 15 is 0 Å². The van der Waals surface area contributed by atoms with Crippen molar-refractivity contribution >= 4 is 11.7 Å². The number of alkyl halides is 3. The molecule has 5 aliphatic rings. The molecular weight excluding hydrogens is 529 g/mol. The minimum atomic E-state index is -4.50. The second-order valence-electron chi connectivity index (χ2n) is 15.9. The van der Waals surface area contributed by atoms with Gasteiger partial charge in [-0.3, -0.25) is 9.59 Å². The fourth-order valence-electron chi connectivity index (χ4n) is 10.6. The van der Waals surface area contributed by atoms with Gasteiger partial charge < -0.3 is 10.4 Å². The van der Waals surface area contributed by atoms with Crippen molar-refractivity contribution in [2.45, 2.75) is 106 Å². The van der Waals surface area contributed by atoms with Gasteiger partial charge in [0.25, 0.3) is 0 Å². The summed E-state index contributed by atoms with van der Waals surface area (Å²) in [4.78, 5) is 28.1. The van der Waals surface area contributed by atoms with Crippen LogP contribution < -0.4 is 5.32 Å². The van der Waals surface area contributed by atoms with Gasteiger partial charge in [-0.25, -0.2) is 0 Å². The molecule has 2 N–H and O–H groups in total. The third-order valence-corrected chi connectivity index (χ3v) is 13.0. The van der Waals surface area contributed by atoms with Gasteiger partial charge in [0.1, 0.15) is 6.54 Å². The van der Waals surface area contributed by atoms with Crippen LogP contribution in [0.1, 0.15) is 93.4 Å². The van der Waals surface area contributed by atoms with Crippen LogP contribution in [0.2, 0.25) is 0 Å². The standard InChI is InChI=1S/C33H45F3N2O3/c1-27(2)10-12-32(26(41)38-18-33(34,35)36)13-11-31(7)24(20(32)16-27)21(39)14-23-29(5)15-19(17-37)25(40)28(3,4)22(29)8-9-30(23,31)6/h14-15,20,22,24-25,40H,8-13,16,18H2,1-7H3,(H,38,41)/t20?,22-,24?,25?,29-,30+,31+,32-/m0/s1. The first-order valence-corrected chi connectivity index (χ1v) is 15.1. The van der Waals surface area contributed by atoms with Crippen molar-refractivity contribution in [2.75, 3.05) is 6.54 Å². The number of fused-ring (bicyclic) bond motifs is 7. The Kier molecular flexibility index (Phi) is 6.61. The van der Waals surface area contributed by atoms with Gasteiger partial charge >= 0.3 is 6.18 Å². The number of nitrogens with one attached hydrogen (secondary N) is 1. The summed E-state index contributed by atoms with van der Waals surface area (Å²) in [5.41, 5.74) is -1.90. The van der Waals surface area contributed by atoms with Gasteiger partial charge in [0.05, 0.1) is 23.2 Å². The monoisotopic (exact) mass is 574 g/mol. The fourth-order valence-corrected chi connectivity index (χ4v) is 10.6. The van der Waals surface area contributed by atoms with E-state index in [9.17, 15) is 33.1 Å². The third kappa shape index (κ3) is 4.11. The van der Waals surface area contributed by atoms with Crippen molar-refractivity contribution in [3.8, 4) is 6.07 Å². The summed E-state index contributed by atoms with van der Waals surface area (Å²) < 4.78 is 39.4. The summed E-state index contributed by atoms with van der Waals surface area (Å²) in [5, 5.41) is 23.2. The molecule has 5 nitrogen and oxygen atoms in total. The van der Waals surface area contributed by atoms with E-state index in [0.717, 1.165) is 24.8 Å². The lowest BCUT2D eigenvalue weighted by Gasteiger charge is -2.69. The number of nitrogens with zero attached hydrogens (tertiary/aromatic N) is 1. The van der Waals surface area contributed by atoms with Crippen LogP contribution in [0, 0.1) is 61.6 Å². The number of carbonyl (C=O) groups excluding carboxylic acids is 2. The number of allylic oxidation sites excluding steroid dienone is 3. The molecule has 0 heterocycles. The smallest absolute Gasteiger partial charge is 0.387 e. The predicted molar refractivity (Wildman–Crippen MR) is 149 cm³/mol. The summed E-state index contributed by atoms with van der Waals surface area (Å²) in [6, 6.07) is 2.21. The lowest BCUT2D eigenvalue weighted by atomic mass is 9.34. The number of aliphatic hydroxyl groups is 1. The molecule has 0 aromatic carbocycles. The largest absolute Gasteiger partial charge is 0.405 e. The van der Waals surface area contributed by atoms with Crippen LogP contribution in [-0.4, -0.2) is 35.6 Å². The molecule has 5 aliphatic carbocycles. The Morgan fingerprint density at radius 3 is 2.32 bits per heavy atom. The Bertz CT molecular complexity index is 1280. The van der Waals surface area contributed by atoms with Gasteiger partial charge in [-0.15, -0.1) is 0 Å². The maximum Gasteiger partial charge on any atom is 0.405 e. The molecule has 0 bridgehead atoms. The zero-order valence-corrected chi connectivity index (χ0v) is 25.5. The van der Waals surface area contributed by atoms with Crippen molar-refractivity contribution < 1.29 is 27.9 Å². The van der Waals surface area contributed by atoms with E-state index in [1.165, 1.54) is 0 Å². The summed E-state index contributed by atoms with van der Waals surface area (Å²) >= 11 is 0. The van der Waals surface area contributed by atoms with Crippen molar-refractivity contribution in [1.29, 1.82) is 5.26 Å². The minimum Gasteiger partial charge on any atom is -0.387 e. The summed E-state index contributed by atoms with van der Waals surface area (Å²) in [7, 11) is 0. The van der Waals surface area contributed by atoms with E-state index in [1.807, 2.05) is 19.9 Å². The van der Waals surface area contributed by atoms with Crippen molar-refractivity contribution in [3.05, 3.63) is 23.3 Å². The number of hydrogen-bond acceptors (Lipinski definition) is 4. The zero-order chi connectivity index (χ0) is 30.6. The Morgan fingerprint density at radius 1 is 1.07 bits per heavy atom. The lowest BCUT2D eigenvalue weighted by Crippen LogP contribution is -2.66. The molecule has 3 fully saturated rings. The van der Waals surface area contributed by atoms with E-state index < -0.39 is 57.7 Å². The number of rotatable bonds is 2. The number of amides is 1. The van der Waals surface area contributed by atoms with Crippen LogP contribution in [0.3, 0.4) is 0 Å². The molecule has 8 heteroatoms. The molecule has 226 valence electrons. The molecule has 8 atom stereocenters. The highest BCUT2D eigenvalue weighted by Gasteiger charge is 2.70. The van der Waals surface area contributed by atoms with E-state index in [0.29, 0.717) is 31.3 Å². The van der Waals surface area contributed by atoms with Crippen molar-refractivity contribution in [2.24, 2.45) is 50.2 Å². The average Bonchev–Trinajstić information content (AvgIpc) is 2.85.